The number of imide groups is 1. The number of hydrogen-bond donors (Lipinski definition) is 1. The van der Waals surface area contributed by atoms with Gasteiger partial charge < -0.3 is 4.98 Å². The highest BCUT2D eigenvalue weighted by Crippen LogP contribution is 2.57. The van der Waals surface area contributed by atoms with Crippen molar-refractivity contribution in [1.82, 2.24) is 4.98 Å². The van der Waals surface area contributed by atoms with Crippen LogP contribution in [-0.4, -0.2) is 21.7 Å². The number of fused-ring (bicyclic) bond motifs is 6. The first-order chi connectivity index (χ1) is 14.4. The van der Waals surface area contributed by atoms with Crippen LogP contribution in [0.1, 0.15) is 61.4 Å². The molecule has 1 unspecified atom stereocenters. The number of aromatic amines is 1. The van der Waals surface area contributed by atoms with Crippen molar-refractivity contribution < 1.29 is 14.5 Å². The van der Waals surface area contributed by atoms with Crippen LogP contribution in [0.15, 0.2) is 30.3 Å². The minimum absolute atomic E-state index is 0.122. The van der Waals surface area contributed by atoms with Gasteiger partial charge in [0.05, 0.1) is 22.4 Å². The van der Waals surface area contributed by atoms with Gasteiger partial charge in [-0.25, -0.2) is 4.90 Å². The normalized spacial score (nSPS) is 30.1. The van der Waals surface area contributed by atoms with Crippen LogP contribution in [0.4, 0.5) is 11.4 Å². The second-order valence-corrected chi connectivity index (χ2v) is 8.97. The highest BCUT2D eigenvalue weighted by atomic mass is 16.6. The summed E-state index contributed by atoms with van der Waals surface area (Å²) in [7, 11) is 0. The molecule has 5 rings (SSSR count). The standard InChI is InChI=1S/C23H25N3O4/c1-3-13-7-8-16-17(10-13)19-20(18-9-12(2)24-21(16)18)23(28)25(22(19)27)14-5-4-6-15(11-14)26(29)30/h4-6,9,11,13,16-17,19-20,24H,3,7-8,10H2,1-2H3/t13?,16-,17-,19-,20+/m0/s1. The predicted octanol–water partition coefficient (Wildman–Crippen LogP) is 4.43. The molecule has 0 spiro atoms. The topological polar surface area (TPSA) is 96.3 Å². The minimum atomic E-state index is -0.506. The number of aryl methyl sites for hydroxylation is 1. The molecule has 2 aromatic rings. The van der Waals surface area contributed by atoms with Crippen LogP contribution in [0, 0.1) is 34.8 Å². The van der Waals surface area contributed by atoms with Crippen molar-refractivity contribution in [2.24, 2.45) is 17.8 Å². The molecular formula is C23H25N3O4. The third-order valence-corrected chi connectivity index (χ3v) is 7.42. The third-order valence-electron chi connectivity index (χ3n) is 7.42. The molecule has 1 saturated heterocycles. The molecule has 0 bridgehead atoms. The largest absolute Gasteiger partial charge is 0.362 e. The van der Waals surface area contributed by atoms with Gasteiger partial charge in [-0.2, -0.15) is 0 Å². The summed E-state index contributed by atoms with van der Waals surface area (Å²) in [6, 6.07) is 7.84. The van der Waals surface area contributed by atoms with E-state index in [1.54, 1.807) is 6.07 Å². The fourth-order valence-electron chi connectivity index (χ4n) is 6.07. The summed E-state index contributed by atoms with van der Waals surface area (Å²) in [4.78, 5) is 42.6. The second kappa shape index (κ2) is 6.79. The van der Waals surface area contributed by atoms with E-state index in [9.17, 15) is 19.7 Å². The fraction of sp³-hybridized carbons (Fsp3) is 0.478. The van der Waals surface area contributed by atoms with Crippen molar-refractivity contribution >= 4 is 23.2 Å². The SMILES string of the molecule is CCC1CC[C@@H]2c3[nH]c(C)cc3[C@H]3C(=O)N(c4cccc([N+](=O)[O-])c4)C(=O)[C@H]3[C@H]2C1. The molecule has 30 heavy (non-hydrogen) atoms. The van der Waals surface area contributed by atoms with E-state index in [0.717, 1.165) is 42.6 Å². The Morgan fingerprint density at radius 2 is 2.00 bits per heavy atom. The number of amides is 2. The summed E-state index contributed by atoms with van der Waals surface area (Å²) in [6.45, 7) is 4.17. The number of rotatable bonds is 3. The smallest absolute Gasteiger partial charge is 0.271 e. The Balaban J connectivity index is 1.61. The second-order valence-electron chi connectivity index (χ2n) is 8.97. The first-order valence-corrected chi connectivity index (χ1v) is 10.7. The van der Waals surface area contributed by atoms with Crippen molar-refractivity contribution in [3.05, 3.63) is 57.4 Å². The molecule has 1 aliphatic heterocycles. The van der Waals surface area contributed by atoms with Gasteiger partial charge in [-0.05, 0) is 55.7 Å². The molecule has 3 aliphatic rings. The highest BCUT2D eigenvalue weighted by Gasteiger charge is 2.58. The number of nitro groups is 1. The van der Waals surface area contributed by atoms with E-state index < -0.39 is 10.8 Å². The number of non-ortho nitro benzene ring substituents is 1. The Morgan fingerprint density at radius 1 is 1.20 bits per heavy atom. The molecule has 2 aliphatic carbocycles. The van der Waals surface area contributed by atoms with E-state index >= 15 is 0 Å². The van der Waals surface area contributed by atoms with Crippen LogP contribution < -0.4 is 4.90 Å². The summed E-state index contributed by atoms with van der Waals surface area (Å²) in [5.74, 6) is -0.407. The fourth-order valence-corrected chi connectivity index (χ4v) is 6.07. The maximum absolute atomic E-state index is 13.6. The molecule has 1 saturated carbocycles. The van der Waals surface area contributed by atoms with E-state index in [1.807, 2.05) is 13.0 Å². The molecular weight excluding hydrogens is 382 g/mol. The van der Waals surface area contributed by atoms with Crippen molar-refractivity contribution in [3.63, 3.8) is 0 Å². The number of benzene rings is 1. The quantitative estimate of drug-likeness (QED) is 0.462. The number of carbonyl (C=O) groups is 2. The summed E-state index contributed by atoms with van der Waals surface area (Å²) in [5.41, 5.74) is 3.24. The number of nitro benzene ring substituents is 1. The van der Waals surface area contributed by atoms with Crippen molar-refractivity contribution in [2.45, 2.75) is 51.4 Å². The Labute approximate surface area is 174 Å². The zero-order valence-corrected chi connectivity index (χ0v) is 17.1. The molecule has 7 heteroatoms. The maximum atomic E-state index is 13.6. The molecule has 1 aromatic carbocycles. The van der Waals surface area contributed by atoms with Gasteiger partial charge in [-0.1, -0.05) is 19.4 Å². The zero-order chi connectivity index (χ0) is 21.2. The average molecular weight is 407 g/mol. The van der Waals surface area contributed by atoms with Crippen molar-refractivity contribution in [2.75, 3.05) is 4.90 Å². The van der Waals surface area contributed by atoms with Gasteiger partial charge in [0.25, 0.3) is 5.69 Å². The van der Waals surface area contributed by atoms with E-state index in [-0.39, 0.29) is 35.3 Å². The number of carbonyl (C=O) groups excluding carboxylic acids is 2. The zero-order valence-electron chi connectivity index (χ0n) is 17.1. The molecule has 156 valence electrons. The van der Waals surface area contributed by atoms with Gasteiger partial charge in [0.1, 0.15) is 0 Å². The minimum Gasteiger partial charge on any atom is -0.362 e. The van der Waals surface area contributed by atoms with Crippen LogP contribution in [-0.2, 0) is 9.59 Å². The average Bonchev–Trinajstić information content (AvgIpc) is 3.24. The lowest BCUT2D eigenvalue weighted by Crippen LogP contribution is -2.39. The summed E-state index contributed by atoms with van der Waals surface area (Å²) in [6.07, 6.45) is 4.19. The van der Waals surface area contributed by atoms with Gasteiger partial charge in [0.15, 0.2) is 0 Å². The monoisotopic (exact) mass is 407 g/mol. The summed E-state index contributed by atoms with van der Waals surface area (Å²) in [5, 5.41) is 11.2. The summed E-state index contributed by atoms with van der Waals surface area (Å²) < 4.78 is 0. The Kier molecular flexibility index (Phi) is 4.31. The Hall–Kier alpha value is -2.96. The van der Waals surface area contributed by atoms with Gasteiger partial charge in [-0.3, -0.25) is 19.7 Å². The first kappa shape index (κ1) is 19.0. The van der Waals surface area contributed by atoms with Crippen LogP contribution in [0.5, 0.6) is 0 Å². The number of anilines is 1. The Bertz CT molecular complexity index is 1060. The van der Waals surface area contributed by atoms with Gasteiger partial charge in [0.2, 0.25) is 11.8 Å². The highest BCUT2D eigenvalue weighted by molar-refractivity contribution is 6.24. The molecule has 0 radical (unpaired) electrons. The number of H-pyrrole nitrogens is 1. The number of nitrogens with one attached hydrogen (secondary N) is 1. The van der Waals surface area contributed by atoms with Crippen LogP contribution in [0.25, 0.3) is 0 Å². The molecule has 1 N–H and O–H groups in total. The van der Waals surface area contributed by atoms with Crippen LogP contribution in [0.3, 0.4) is 0 Å². The van der Waals surface area contributed by atoms with Gasteiger partial charge in [0, 0.05) is 29.4 Å². The Morgan fingerprint density at radius 3 is 2.73 bits per heavy atom. The molecule has 2 amide bonds. The predicted molar refractivity (Wildman–Crippen MR) is 111 cm³/mol. The molecule has 1 aromatic heterocycles. The van der Waals surface area contributed by atoms with Crippen molar-refractivity contribution in [1.29, 1.82) is 0 Å². The van der Waals surface area contributed by atoms with E-state index in [4.69, 9.17) is 0 Å². The van der Waals surface area contributed by atoms with E-state index in [0.29, 0.717) is 11.6 Å². The van der Waals surface area contributed by atoms with Crippen molar-refractivity contribution in [3.8, 4) is 0 Å². The van der Waals surface area contributed by atoms with Crippen LogP contribution >= 0.6 is 0 Å². The molecule has 2 heterocycles. The molecule has 5 atom stereocenters. The first-order valence-electron chi connectivity index (χ1n) is 10.7. The maximum Gasteiger partial charge on any atom is 0.271 e. The van der Waals surface area contributed by atoms with Crippen LogP contribution in [0.2, 0.25) is 0 Å². The van der Waals surface area contributed by atoms with Gasteiger partial charge >= 0.3 is 0 Å². The number of nitrogens with zero attached hydrogens (tertiary/aromatic N) is 2. The van der Waals surface area contributed by atoms with E-state index in [2.05, 4.69) is 11.9 Å². The van der Waals surface area contributed by atoms with Gasteiger partial charge in [-0.15, -0.1) is 0 Å². The lowest BCUT2D eigenvalue weighted by atomic mass is 9.59. The molecule has 2 fully saturated rings. The number of hydrogen-bond acceptors (Lipinski definition) is 4. The molecule has 7 nitrogen and oxygen atoms in total. The lowest BCUT2D eigenvalue weighted by Gasteiger charge is -2.43. The lowest BCUT2D eigenvalue weighted by molar-refractivity contribution is -0.384. The van der Waals surface area contributed by atoms with E-state index in [1.165, 1.54) is 23.1 Å². The number of aromatic nitrogens is 1. The third kappa shape index (κ3) is 2.64. The summed E-state index contributed by atoms with van der Waals surface area (Å²) >= 11 is 0.